The molecule has 4 heteroatoms. The Morgan fingerprint density at radius 3 is 2.40 bits per heavy atom. The molecule has 0 amide bonds. The fourth-order valence-electron chi connectivity index (χ4n) is 1.36. The number of Topliss-reactive ketones (excluding diaryl/α,β-unsaturated/α-hetero) is 1. The van der Waals surface area contributed by atoms with Crippen LogP contribution in [0.2, 0.25) is 0 Å². The molecule has 0 aliphatic carbocycles. The standard InChI is InChI=1S/C11H21NO3/c1-8(2)5-9(12)10(14)6-11(3,4)15-7-13/h7-9H,5-6,12H2,1-4H3. The highest BCUT2D eigenvalue weighted by Crippen LogP contribution is 2.16. The van der Waals surface area contributed by atoms with Crippen LogP contribution in [0.25, 0.3) is 0 Å². The molecule has 15 heavy (non-hydrogen) atoms. The van der Waals surface area contributed by atoms with Crippen molar-refractivity contribution >= 4 is 12.3 Å². The summed E-state index contributed by atoms with van der Waals surface area (Å²) in [6, 6.07) is -0.459. The van der Waals surface area contributed by atoms with Gasteiger partial charge in [0, 0.05) is 6.42 Å². The predicted molar refractivity (Wildman–Crippen MR) is 58.3 cm³/mol. The summed E-state index contributed by atoms with van der Waals surface area (Å²) < 4.78 is 4.80. The molecule has 2 N–H and O–H groups in total. The van der Waals surface area contributed by atoms with Gasteiger partial charge in [-0.3, -0.25) is 9.59 Å². The molecule has 0 saturated heterocycles. The Bertz CT molecular complexity index is 224. The van der Waals surface area contributed by atoms with E-state index in [1.54, 1.807) is 13.8 Å². The monoisotopic (exact) mass is 215 g/mol. The zero-order chi connectivity index (χ0) is 12.1. The van der Waals surface area contributed by atoms with E-state index >= 15 is 0 Å². The Hall–Kier alpha value is -0.900. The van der Waals surface area contributed by atoms with Crippen molar-refractivity contribution in [2.24, 2.45) is 11.7 Å². The second-order valence-corrected chi connectivity index (χ2v) is 4.85. The second-order valence-electron chi connectivity index (χ2n) is 4.85. The highest BCUT2D eigenvalue weighted by atomic mass is 16.5. The highest BCUT2D eigenvalue weighted by Gasteiger charge is 2.26. The van der Waals surface area contributed by atoms with Crippen LogP contribution < -0.4 is 5.73 Å². The highest BCUT2D eigenvalue weighted by molar-refractivity contribution is 5.84. The van der Waals surface area contributed by atoms with Gasteiger partial charge in [0.2, 0.25) is 0 Å². The first-order valence-corrected chi connectivity index (χ1v) is 5.18. The normalized spacial score (nSPS) is 13.7. The molecule has 4 nitrogen and oxygen atoms in total. The van der Waals surface area contributed by atoms with E-state index < -0.39 is 11.6 Å². The minimum absolute atomic E-state index is 0.0597. The molecule has 0 aromatic heterocycles. The van der Waals surface area contributed by atoms with Crippen molar-refractivity contribution in [2.45, 2.75) is 52.2 Å². The van der Waals surface area contributed by atoms with Crippen molar-refractivity contribution < 1.29 is 14.3 Å². The molecule has 0 spiro atoms. The average Bonchev–Trinajstić information content (AvgIpc) is 2.01. The molecular formula is C11H21NO3. The summed E-state index contributed by atoms with van der Waals surface area (Å²) in [6.07, 6.45) is 0.829. The van der Waals surface area contributed by atoms with E-state index in [9.17, 15) is 9.59 Å². The molecule has 0 radical (unpaired) electrons. The van der Waals surface area contributed by atoms with Crippen LogP contribution >= 0.6 is 0 Å². The molecule has 0 rings (SSSR count). The molecule has 0 saturated carbocycles. The SMILES string of the molecule is CC(C)CC(N)C(=O)CC(C)(C)OC=O. The first-order valence-electron chi connectivity index (χ1n) is 5.18. The Morgan fingerprint density at radius 1 is 1.47 bits per heavy atom. The predicted octanol–water partition coefficient (Wildman–Crippen LogP) is 1.27. The van der Waals surface area contributed by atoms with Crippen molar-refractivity contribution in [3.8, 4) is 0 Å². The summed E-state index contributed by atoms with van der Waals surface area (Å²) in [5, 5.41) is 0. The Labute approximate surface area is 91.2 Å². The fourth-order valence-corrected chi connectivity index (χ4v) is 1.36. The maximum absolute atomic E-state index is 11.6. The molecule has 88 valence electrons. The number of ketones is 1. The van der Waals surface area contributed by atoms with E-state index in [4.69, 9.17) is 10.5 Å². The minimum Gasteiger partial charge on any atom is -0.461 e. The number of hydrogen-bond donors (Lipinski definition) is 1. The molecule has 1 atom stereocenters. The van der Waals surface area contributed by atoms with E-state index in [1.165, 1.54) is 0 Å². The molecule has 0 aliphatic heterocycles. The molecule has 0 aromatic carbocycles. The zero-order valence-corrected chi connectivity index (χ0v) is 9.95. The third-order valence-corrected chi connectivity index (χ3v) is 2.11. The van der Waals surface area contributed by atoms with Crippen molar-refractivity contribution in [3.63, 3.8) is 0 Å². The summed E-state index contributed by atoms with van der Waals surface area (Å²) in [4.78, 5) is 21.8. The number of carbonyl (C=O) groups is 2. The van der Waals surface area contributed by atoms with Gasteiger partial charge in [0.05, 0.1) is 6.04 Å². The smallest absolute Gasteiger partial charge is 0.293 e. The van der Waals surface area contributed by atoms with Gasteiger partial charge >= 0.3 is 0 Å². The van der Waals surface area contributed by atoms with Crippen molar-refractivity contribution in [3.05, 3.63) is 0 Å². The minimum atomic E-state index is -0.757. The van der Waals surface area contributed by atoms with E-state index in [2.05, 4.69) is 0 Å². The molecule has 1 unspecified atom stereocenters. The Balaban J connectivity index is 4.17. The number of nitrogens with two attached hydrogens (primary N) is 1. The van der Waals surface area contributed by atoms with Crippen LogP contribution in [-0.2, 0) is 14.3 Å². The summed E-state index contributed by atoms with van der Waals surface area (Å²) in [6.45, 7) is 7.78. The topological polar surface area (TPSA) is 69.4 Å². The summed E-state index contributed by atoms with van der Waals surface area (Å²) in [5.74, 6) is 0.328. The largest absolute Gasteiger partial charge is 0.461 e. The molecule has 0 fully saturated rings. The van der Waals surface area contributed by atoms with E-state index in [-0.39, 0.29) is 12.2 Å². The van der Waals surface area contributed by atoms with Gasteiger partial charge in [-0.15, -0.1) is 0 Å². The Morgan fingerprint density at radius 2 is 2.00 bits per heavy atom. The van der Waals surface area contributed by atoms with Gasteiger partial charge in [-0.1, -0.05) is 13.8 Å². The van der Waals surface area contributed by atoms with Gasteiger partial charge in [0.25, 0.3) is 6.47 Å². The number of rotatable bonds is 7. The lowest BCUT2D eigenvalue weighted by molar-refractivity contribution is -0.143. The zero-order valence-electron chi connectivity index (χ0n) is 9.95. The van der Waals surface area contributed by atoms with Crippen molar-refractivity contribution in [2.75, 3.05) is 0 Å². The molecule has 0 heterocycles. The van der Waals surface area contributed by atoms with Crippen LogP contribution in [0.5, 0.6) is 0 Å². The van der Waals surface area contributed by atoms with Gasteiger partial charge < -0.3 is 10.5 Å². The lowest BCUT2D eigenvalue weighted by Crippen LogP contribution is -2.38. The number of carbonyl (C=O) groups excluding carboxylic acids is 2. The van der Waals surface area contributed by atoms with Crippen molar-refractivity contribution in [1.82, 2.24) is 0 Å². The third kappa shape index (κ3) is 6.23. The Kier molecular flexibility index (Phi) is 5.50. The van der Waals surface area contributed by atoms with E-state index in [0.29, 0.717) is 18.8 Å². The van der Waals surface area contributed by atoms with E-state index in [1.807, 2.05) is 13.8 Å². The number of ether oxygens (including phenoxy) is 1. The van der Waals surface area contributed by atoms with Gasteiger partial charge in [0.15, 0.2) is 5.78 Å². The average molecular weight is 215 g/mol. The lowest BCUT2D eigenvalue weighted by Gasteiger charge is -2.23. The van der Waals surface area contributed by atoms with Crippen LogP contribution in [0.4, 0.5) is 0 Å². The fraction of sp³-hybridized carbons (Fsp3) is 0.818. The first kappa shape index (κ1) is 14.1. The molecule has 0 aliphatic rings. The molecular weight excluding hydrogens is 194 g/mol. The third-order valence-electron chi connectivity index (χ3n) is 2.11. The summed E-state index contributed by atoms with van der Waals surface area (Å²) in [5.41, 5.74) is 4.97. The van der Waals surface area contributed by atoms with Crippen LogP contribution in [0, 0.1) is 5.92 Å². The van der Waals surface area contributed by atoms with Crippen LogP contribution in [0.3, 0.4) is 0 Å². The maximum Gasteiger partial charge on any atom is 0.293 e. The van der Waals surface area contributed by atoms with E-state index in [0.717, 1.165) is 0 Å². The molecule has 0 aromatic rings. The summed E-state index contributed by atoms with van der Waals surface area (Å²) >= 11 is 0. The van der Waals surface area contributed by atoms with Gasteiger partial charge in [-0.2, -0.15) is 0 Å². The quantitative estimate of drug-likeness (QED) is 0.649. The molecule has 0 bridgehead atoms. The second kappa shape index (κ2) is 5.85. The maximum atomic E-state index is 11.6. The first-order chi connectivity index (χ1) is 6.78. The van der Waals surface area contributed by atoms with Gasteiger partial charge in [-0.25, -0.2) is 0 Å². The van der Waals surface area contributed by atoms with Gasteiger partial charge in [0.1, 0.15) is 5.60 Å². The van der Waals surface area contributed by atoms with Crippen LogP contribution in [0.1, 0.15) is 40.5 Å². The summed E-state index contributed by atoms with van der Waals surface area (Å²) in [7, 11) is 0. The van der Waals surface area contributed by atoms with Crippen LogP contribution in [0.15, 0.2) is 0 Å². The van der Waals surface area contributed by atoms with Crippen molar-refractivity contribution in [1.29, 1.82) is 0 Å². The van der Waals surface area contributed by atoms with Gasteiger partial charge in [-0.05, 0) is 26.2 Å². The number of hydrogen-bond acceptors (Lipinski definition) is 4. The van der Waals surface area contributed by atoms with Crippen LogP contribution in [-0.4, -0.2) is 23.9 Å². The lowest BCUT2D eigenvalue weighted by atomic mass is 9.93.